The second-order valence-corrected chi connectivity index (χ2v) is 6.85. The van der Waals surface area contributed by atoms with Crippen molar-refractivity contribution in [3.05, 3.63) is 33.3 Å². The highest BCUT2D eigenvalue weighted by molar-refractivity contribution is 9.10. The molecule has 1 aliphatic heterocycles. The van der Waals surface area contributed by atoms with E-state index < -0.39 is 0 Å². The molecule has 1 aromatic rings. The lowest BCUT2D eigenvalue weighted by Crippen LogP contribution is -2.43. The highest BCUT2D eigenvalue weighted by Gasteiger charge is 2.37. The van der Waals surface area contributed by atoms with Gasteiger partial charge in [-0.2, -0.15) is 0 Å². The molecule has 0 radical (unpaired) electrons. The van der Waals surface area contributed by atoms with Crippen LogP contribution < -0.4 is 5.73 Å². The topological polar surface area (TPSA) is 29.3 Å². The second-order valence-electron chi connectivity index (χ2n) is 5.53. The number of benzene rings is 1. The van der Waals surface area contributed by atoms with E-state index in [0.717, 1.165) is 21.6 Å². The molecule has 100 valence electrons. The van der Waals surface area contributed by atoms with Crippen molar-refractivity contribution in [2.75, 3.05) is 13.1 Å². The van der Waals surface area contributed by atoms with Crippen LogP contribution in [-0.2, 0) is 0 Å². The molecule has 1 aliphatic rings. The summed E-state index contributed by atoms with van der Waals surface area (Å²) < 4.78 is 1.05. The van der Waals surface area contributed by atoms with E-state index in [0.29, 0.717) is 6.54 Å². The molecule has 1 aromatic carbocycles. The maximum atomic E-state index is 6.34. The van der Waals surface area contributed by atoms with Crippen molar-refractivity contribution in [3.63, 3.8) is 0 Å². The Morgan fingerprint density at radius 1 is 1.50 bits per heavy atom. The van der Waals surface area contributed by atoms with Crippen LogP contribution in [0.1, 0.15) is 38.3 Å². The van der Waals surface area contributed by atoms with Crippen molar-refractivity contribution in [2.45, 2.75) is 38.3 Å². The van der Waals surface area contributed by atoms with Crippen molar-refractivity contribution >= 4 is 27.5 Å². The van der Waals surface area contributed by atoms with Gasteiger partial charge in [0.2, 0.25) is 0 Å². The molecule has 1 heterocycles. The first kappa shape index (κ1) is 14.3. The van der Waals surface area contributed by atoms with Gasteiger partial charge in [-0.1, -0.05) is 27.5 Å². The maximum absolute atomic E-state index is 6.34. The molecule has 0 aliphatic carbocycles. The fourth-order valence-electron chi connectivity index (χ4n) is 2.90. The van der Waals surface area contributed by atoms with Crippen LogP contribution in [0, 0.1) is 0 Å². The first-order valence-corrected chi connectivity index (χ1v) is 7.54. The lowest BCUT2D eigenvalue weighted by atomic mass is 9.97. The summed E-state index contributed by atoms with van der Waals surface area (Å²) in [5.41, 5.74) is 7.34. The van der Waals surface area contributed by atoms with Crippen LogP contribution in [-0.4, -0.2) is 23.5 Å². The average Bonchev–Trinajstić information content (AvgIpc) is 2.65. The zero-order valence-electron chi connectivity index (χ0n) is 10.9. The molecular formula is C14H20BrClN2. The van der Waals surface area contributed by atoms with Gasteiger partial charge in [0, 0.05) is 27.6 Å². The third kappa shape index (κ3) is 2.74. The van der Waals surface area contributed by atoms with E-state index in [1.807, 2.05) is 12.1 Å². The van der Waals surface area contributed by atoms with E-state index in [4.69, 9.17) is 17.3 Å². The van der Waals surface area contributed by atoms with Gasteiger partial charge in [0.15, 0.2) is 0 Å². The highest BCUT2D eigenvalue weighted by Crippen LogP contribution is 2.38. The van der Waals surface area contributed by atoms with Crippen molar-refractivity contribution in [1.82, 2.24) is 4.90 Å². The third-order valence-electron chi connectivity index (χ3n) is 3.88. The first-order chi connectivity index (χ1) is 8.45. The van der Waals surface area contributed by atoms with Gasteiger partial charge >= 0.3 is 0 Å². The van der Waals surface area contributed by atoms with Gasteiger partial charge in [-0.15, -0.1) is 0 Å². The lowest BCUT2D eigenvalue weighted by Gasteiger charge is -2.38. The molecule has 2 nitrogen and oxygen atoms in total. The van der Waals surface area contributed by atoms with Crippen LogP contribution in [0.4, 0.5) is 0 Å². The lowest BCUT2D eigenvalue weighted by molar-refractivity contribution is 0.119. The molecule has 1 atom stereocenters. The van der Waals surface area contributed by atoms with Crippen LogP contribution in [0.3, 0.4) is 0 Å². The Morgan fingerprint density at radius 2 is 2.22 bits per heavy atom. The minimum Gasteiger partial charge on any atom is -0.329 e. The predicted molar refractivity (Wildman–Crippen MR) is 81.0 cm³/mol. The molecule has 0 bridgehead atoms. The zero-order valence-corrected chi connectivity index (χ0v) is 13.3. The van der Waals surface area contributed by atoms with Gasteiger partial charge in [0.25, 0.3) is 0 Å². The predicted octanol–water partition coefficient (Wildman–Crippen LogP) is 3.98. The minimum absolute atomic E-state index is 0.201. The number of likely N-dealkylation sites (tertiary alicyclic amines) is 1. The quantitative estimate of drug-likeness (QED) is 0.908. The van der Waals surface area contributed by atoms with E-state index in [9.17, 15) is 0 Å². The molecule has 0 amide bonds. The number of hydrogen-bond donors (Lipinski definition) is 1. The number of hydrogen-bond acceptors (Lipinski definition) is 2. The highest BCUT2D eigenvalue weighted by atomic mass is 79.9. The maximum Gasteiger partial charge on any atom is 0.0490 e. The van der Waals surface area contributed by atoms with Crippen LogP contribution in [0.15, 0.2) is 22.7 Å². The van der Waals surface area contributed by atoms with E-state index in [1.54, 1.807) is 0 Å². The summed E-state index contributed by atoms with van der Waals surface area (Å²) in [6, 6.07) is 6.20. The number of halogens is 2. The van der Waals surface area contributed by atoms with Gasteiger partial charge < -0.3 is 5.73 Å². The zero-order chi connectivity index (χ0) is 13.3. The molecule has 4 heteroatoms. The molecule has 0 aromatic heterocycles. The minimum atomic E-state index is 0.201. The summed E-state index contributed by atoms with van der Waals surface area (Å²) in [4.78, 5) is 2.49. The van der Waals surface area contributed by atoms with Gasteiger partial charge in [-0.3, -0.25) is 4.90 Å². The van der Waals surface area contributed by atoms with Crippen LogP contribution >= 0.6 is 27.5 Å². The Balaban J connectivity index is 2.36. The van der Waals surface area contributed by atoms with Gasteiger partial charge in [0.1, 0.15) is 0 Å². The first-order valence-electron chi connectivity index (χ1n) is 6.37. The van der Waals surface area contributed by atoms with E-state index in [2.05, 4.69) is 40.7 Å². The number of rotatable bonds is 3. The Hall–Kier alpha value is -0.0900. The SMILES string of the molecule is CC1(C)CCCN1C(CN)c1cc(Br)ccc1Cl. The molecule has 1 fully saturated rings. The van der Waals surface area contributed by atoms with Gasteiger partial charge in [0.05, 0.1) is 0 Å². The van der Waals surface area contributed by atoms with Gasteiger partial charge in [-0.25, -0.2) is 0 Å². The molecule has 2 N–H and O–H groups in total. The molecule has 0 spiro atoms. The summed E-state index contributed by atoms with van der Waals surface area (Å²) in [6.45, 7) is 6.26. The summed E-state index contributed by atoms with van der Waals surface area (Å²) >= 11 is 9.85. The summed E-state index contributed by atoms with van der Waals surface area (Å²) in [5.74, 6) is 0. The van der Waals surface area contributed by atoms with Crippen molar-refractivity contribution in [2.24, 2.45) is 5.73 Å². The number of nitrogens with zero attached hydrogens (tertiary/aromatic N) is 1. The molecule has 1 saturated heterocycles. The normalized spacial score (nSPS) is 21.2. The van der Waals surface area contributed by atoms with Crippen LogP contribution in [0.25, 0.3) is 0 Å². The van der Waals surface area contributed by atoms with Crippen LogP contribution in [0.5, 0.6) is 0 Å². The van der Waals surface area contributed by atoms with Gasteiger partial charge in [-0.05, 0) is 57.0 Å². The molecule has 18 heavy (non-hydrogen) atoms. The van der Waals surface area contributed by atoms with Crippen molar-refractivity contribution in [3.8, 4) is 0 Å². The monoisotopic (exact) mass is 330 g/mol. The Morgan fingerprint density at radius 3 is 2.78 bits per heavy atom. The van der Waals surface area contributed by atoms with Crippen molar-refractivity contribution in [1.29, 1.82) is 0 Å². The Kier molecular flexibility index (Phi) is 4.37. The number of nitrogens with two attached hydrogens (primary N) is 1. The van der Waals surface area contributed by atoms with E-state index in [-0.39, 0.29) is 11.6 Å². The Bertz CT molecular complexity index is 434. The molecule has 0 saturated carbocycles. The smallest absolute Gasteiger partial charge is 0.0490 e. The molecule has 2 rings (SSSR count). The largest absolute Gasteiger partial charge is 0.329 e. The molecule has 1 unspecified atom stereocenters. The van der Waals surface area contributed by atoms with Crippen molar-refractivity contribution < 1.29 is 0 Å². The molecular weight excluding hydrogens is 312 g/mol. The van der Waals surface area contributed by atoms with E-state index in [1.165, 1.54) is 12.8 Å². The third-order valence-corrected chi connectivity index (χ3v) is 4.72. The summed E-state index contributed by atoms with van der Waals surface area (Å²) in [5, 5.41) is 0.802. The summed E-state index contributed by atoms with van der Waals surface area (Å²) in [7, 11) is 0. The van der Waals surface area contributed by atoms with Crippen LogP contribution in [0.2, 0.25) is 5.02 Å². The average molecular weight is 332 g/mol. The second kappa shape index (κ2) is 5.49. The fourth-order valence-corrected chi connectivity index (χ4v) is 3.52. The van der Waals surface area contributed by atoms with E-state index >= 15 is 0 Å². The summed E-state index contributed by atoms with van der Waals surface area (Å²) in [6.07, 6.45) is 2.45. The Labute approximate surface area is 123 Å². The standard InChI is InChI=1S/C14H20BrClN2/c1-14(2)6-3-7-18(14)13(9-17)11-8-10(15)4-5-12(11)16/h4-5,8,13H,3,6-7,9,17H2,1-2H3. The fraction of sp³-hybridized carbons (Fsp3) is 0.571.